The van der Waals surface area contributed by atoms with Crippen LogP contribution in [0, 0.1) is 5.82 Å². The fraction of sp³-hybridized carbons (Fsp3) is 0. The zero-order chi connectivity index (χ0) is 11.3. The van der Waals surface area contributed by atoms with Gasteiger partial charge in [-0.3, -0.25) is 4.79 Å². The lowest BCUT2D eigenvalue weighted by Gasteiger charge is -2.04. The van der Waals surface area contributed by atoms with Crippen molar-refractivity contribution in [3.63, 3.8) is 0 Å². The highest BCUT2D eigenvalue weighted by Crippen LogP contribution is 2.21. The third kappa shape index (κ3) is 1.21. The van der Waals surface area contributed by atoms with E-state index < -0.39 is 5.82 Å². The van der Waals surface area contributed by atoms with Crippen LogP contribution in [0.25, 0.3) is 16.6 Å². The lowest BCUT2D eigenvalue weighted by atomic mass is 10.3. The van der Waals surface area contributed by atoms with E-state index in [9.17, 15) is 9.18 Å². The number of hydrogen-bond acceptors (Lipinski definition) is 1. The Bertz CT molecular complexity index is 760. The first-order valence-corrected chi connectivity index (χ1v) is 5.44. The third-order valence-electron chi connectivity index (χ3n) is 2.51. The maximum Gasteiger partial charge on any atom is 0.272 e. The van der Waals surface area contributed by atoms with Crippen molar-refractivity contribution < 1.29 is 4.39 Å². The summed E-state index contributed by atoms with van der Waals surface area (Å²) in [7, 11) is 0. The van der Waals surface area contributed by atoms with Crippen molar-refractivity contribution in [3.05, 3.63) is 51.1 Å². The molecule has 0 fully saturated rings. The Morgan fingerprint density at radius 1 is 1.31 bits per heavy atom. The Morgan fingerprint density at radius 2 is 2.12 bits per heavy atom. The summed E-state index contributed by atoms with van der Waals surface area (Å²) in [5.74, 6) is -0.447. The molecule has 5 heteroatoms. The molecule has 80 valence electrons. The van der Waals surface area contributed by atoms with Gasteiger partial charge in [-0.25, -0.2) is 4.39 Å². The van der Waals surface area contributed by atoms with Gasteiger partial charge in [0, 0.05) is 10.7 Å². The van der Waals surface area contributed by atoms with Gasteiger partial charge in [0.05, 0.1) is 5.52 Å². The number of aromatic amines is 1. The molecule has 0 aliphatic carbocycles. The van der Waals surface area contributed by atoms with E-state index in [0.717, 1.165) is 0 Å². The first kappa shape index (κ1) is 9.59. The molecule has 2 heterocycles. The topological polar surface area (TPSA) is 37.3 Å². The van der Waals surface area contributed by atoms with E-state index >= 15 is 0 Å². The van der Waals surface area contributed by atoms with Gasteiger partial charge in [0.25, 0.3) is 5.56 Å². The maximum atomic E-state index is 13.6. The normalized spacial score (nSPS) is 11.4. The fourth-order valence-electron chi connectivity index (χ4n) is 1.83. The molecular weight excluding hydrogens is 275 g/mol. The van der Waals surface area contributed by atoms with E-state index in [1.54, 1.807) is 28.8 Å². The number of hydrogen-bond donors (Lipinski definition) is 1. The summed E-state index contributed by atoms with van der Waals surface area (Å²) in [6.45, 7) is 0. The van der Waals surface area contributed by atoms with Crippen LogP contribution in [0.2, 0.25) is 0 Å². The van der Waals surface area contributed by atoms with Crippen LogP contribution in [0.5, 0.6) is 0 Å². The van der Waals surface area contributed by atoms with E-state index in [2.05, 4.69) is 20.9 Å². The first-order chi connectivity index (χ1) is 7.66. The van der Waals surface area contributed by atoms with Gasteiger partial charge in [0.15, 0.2) is 0 Å². The van der Waals surface area contributed by atoms with Gasteiger partial charge in [0.1, 0.15) is 16.9 Å². The Morgan fingerprint density at radius 3 is 2.94 bits per heavy atom. The van der Waals surface area contributed by atoms with Gasteiger partial charge in [-0.1, -0.05) is 15.9 Å². The molecule has 3 rings (SSSR count). The molecule has 0 spiro atoms. The highest BCUT2D eigenvalue weighted by molar-refractivity contribution is 9.10. The predicted octanol–water partition coefficient (Wildman–Crippen LogP) is 2.68. The van der Waals surface area contributed by atoms with Crippen LogP contribution in [0.15, 0.2) is 39.7 Å². The molecule has 3 nitrogen and oxygen atoms in total. The number of rotatable bonds is 0. The summed E-state index contributed by atoms with van der Waals surface area (Å²) in [4.78, 5) is 14.2. The number of H-pyrrole nitrogens is 1. The summed E-state index contributed by atoms with van der Waals surface area (Å²) in [5.41, 5.74) is 1.06. The van der Waals surface area contributed by atoms with Crippen molar-refractivity contribution in [1.29, 1.82) is 0 Å². The number of aromatic nitrogens is 2. The minimum Gasteiger partial charge on any atom is -0.316 e. The van der Waals surface area contributed by atoms with Gasteiger partial charge in [0.2, 0.25) is 0 Å². The summed E-state index contributed by atoms with van der Waals surface area (Å²) in [5, 5.41) is 0. The molecule has 1 aromatic carbocycles. The Kier molecular flexibility index (Phi) is 1.91. The summed E-state index contributed by atoms with van der Waals surface area (Å²) in [6.07, 6.45) is 1.73. The fourth-order valence-corrected chi connectivity index (χ4v) is 2.25. The zero-order valence-corrected chi connectivity index (χ0v) is 9.58. The largest absolute Gasteiger partial charge is 0.316 e. The van der Waals surface area contributed by atoms with E-state index in [4.69, 9.17) is 0 Å². The number of halogens is 2. The van der Waals surface area contributed by atoms with Crippen LogP contribution < -0.4 is 5.56 Å². The molecule has 3 aromatic rings. The SMILES string of the molecule is O=c1[nH]c2c(F)cc(Br)cc2n2cccc12. The average Bonchev–Trinajstić information content (AvgIpc) is 2.69. The quantitative estimate of drug-likeness (QED) is 0.676. The third-order valence-corrected chi connectivity index (χ3v) is 2.97. The molecule has 2 aromatic heterocycles. The van der Waals surface area contributed by atoms with Crippen molar-refractivity contribution in [2.24, 2.45) is 0 Å². The van der Waals surface area contributed by atoms with Crippen LogP contribution in [-0.2, 0) is 0 Å². The Hall–Kier alpha value is -1.62. The van der Waals surface area contributed by atoms with Crippen molar-refractivity contribution in [1.82, 2.24) is 9.38 Å². The van der Waals surface area contributed by atoms with Crippen molar-refractivity contribution in [2.45, 2.75) is 0 Å². The van der Waals surface area contributed by atoms with Gasteiger partial charge in [-0.15, -0.1) is 0 Å². The summed E-state index contributed by atoms with van der Waals surface area (Å²) < 4.78 is 16.0. The second-order valence-electron chi connectivity index (χ2n) is 3.50. The Labute approximate surface area is 97.6 Å². The molecule has 0 amide bonds. The number of nitrogens with zero attached hydrogens (tertiary/aromatic N) is 1. The standard InChI is InChI=1S/C11H6BrFN2O/c12-6-4-7(13)10-9(5-6)15-3-1-2-8(15)11(16)14-10/h1-5H,(H,14,16). The minimum atomic E-state index is -0.447. The lowest BCUT2D eigenvalue weighted by Crippen LogP contribution is -2.10. The van der Waals surface area contributed by atoms with Gasteiger partial charge < -0.3 is 9.38 Å². The van der Waals surface area contributed by atoms with Crippen LogP contribution >= 0.6 is 15.9 Å². The van der Waals surface area contributed by atoms with E-state index in [1.165, 1.54) is 6.07 Å². The highest BCUT2D eigenvalue weighted by atomic mass is 79.9. The van der Waals surface area contributed by atoms with Crippen molar-refractivity contribution >= 4 is 32.5 Å². The second-order valence-corrected chi connectivity index (χ2v) is 4.41. The van der Waals surface area contributed by atoms with E-state index in [1.807, 2.05) is 0 Å². The van der Waals surface area contributed by atoms with Crippen LogP contribution in [0.4, 0.5) is 4.39 Å². The molecule has 0 radical (unpaired) electrons. The van der Waals surface area contributed by atoms with Gasteiger partial charge in [-0.2, -0.15) is 0 Å². The molecular formula is C11H6BrFN2O. The van der Waals surface area contributed by atoms with Gasteiger partial charge >= 0.3 is 0 Å². The van der Waals surface area contributed by atoms with E-state index in [-0.39, 0.29) is 11.1 Å². The van der Waals surface area contributed by atoms with Gasteiger partial charge in [-0.05, 0) is 24.3 Å². The molecule has 16 heavy (non-hydrogen) atoms. The highest BCUT2D eigenvalue weighted by Gasteiger charge is 2.08. The van der Waals surface area contributed by atoms with Crippen LogP contribution in [0.3, 0.4) is 0 Å². The van der Waals surface area contributed by atoms with Crippen LogP contribution in [0.1, 0.15) is 0 Å². The average molecular weight is 281 g/mol. The number of fused-ring (bicyclic) bond motifs is 3. The molecule has 0 bridgehead atoms. The second kappa shape index (κ2) is 3.18. The molecule has 0 aliphatic rings. The van der Waals surface area contributed by atoms with E-state index in [0.29, 0.717) is 15.5 Å². The predicted molar refractivity (Wildman–Crippen MR) is 63.2 cm³/mol. The molecule has 0 saturated carbocycles. The zero-order valence-electron chi connectivity index (χ0n) is 8.00. The summed E-state index contributed by atoms with van der Waals surface area (Å²) >= 11 is 3.23. The molecule has 0 unspecified atom stereocenters. The van der Waals surface area contributed by atoms with Crippen LogP contribution in [-0.4, -0.2) is 9.38 Å². The van der Waals surface area contributed by atoms with Crippen molar-refractivity contribution in [3.8, 4) is 0 Å². The monoisotopic (exact) mass is 280 g/mol. The first-order valence-electron chi connectivity index (χ1n) is 4.65. The number of nitrogens with one attached hydrogen (secondary N) is 1. The number of benzene rings is 1. The molecule has 0 atom stereocenters. The van der Waals surface area contributed by atoms with Crippen molar-refractivity contribution in [2.75, 3.05) is 0 Å². The lowest BCUT2D eigenvalue weighted by molar-refractivity contribution is 0.635. The molecule has 1 N–H and O–H groups in total. The molecule has 0 saturated heterocycles. The smallest absolute Gasteiger partial charge is 0.272 e. The Balaban J connectivity index is 2.69. The minimum absolute atomic E-state index is 0.219. The molecule has 0 aliphatic heterocycles. The summed E-state index contributed by atoms with van der Waals surface area (Å²) in [6, 6.07) is 6.54. The maximum absolute atomic E-state index is 13.6.